The molecule has 4 heteroatoms. The number of pyridine rings is 1. The minimum Gasteiger partial charge on any atom is -0.322 e. The summed E-state index contributed by atoms with van der Waals surface area (Å²) in [5.74, 6) is -0.649. The Balaban J connectivity index is 2.07. The average molecular weight is 308 g/mol. The van der Waals surface area contributed by atoms with Crippen molar-refractivity contribution in [3.05, 3.63) is 70.7 Å². The van der Waals surface area contributed by atoms with Crippen LogP contribution in [0.25, 0.3) is 10.9 Å². The topological polar surface area (TPSA) is 42.0 Å². The number of nitrogens with zero attached hydrogens (tertiary/aromatic N) is 1. The second-order valence-corrected chi connectivity index (χ2v) is 5.67. The summed E-state index contributed by atoms with van der Waals surface area (Å²) in [6.45, 7) is 5.77. The number of hydrogen-bond acceptors (Lipinski definition) is 2. The van der Waals surface area contributed by atoms with E-state index >= 15 is 0 Å². The molecule has 0 fully saturated rings. The van der Waals surface area contributed by atoms with Crippen LogP contribution < -0.4 is 5.32 Å². The summed E-state index contributed by atoms with van der Waals surface area (Å²) in [5, 5.41) is 3.43. The summed E-state index contributed by atoms with van der Waals surface area (Å²) in [6, 6.07) is 11.7. The monoisotopic (exact) mass is 308 g/mol. The van der Waals surface area contributed by atoms with Crippen molar-refractivity contribution in [3.63, 3.8) is 0 Å². The summed E-state index contributed by atoms with van der Waals surface area (Å²) in [4.78, 5) is 17.0. The summed E-state index contributed by atoms with van der Waals surface area (Å²) in [7, 11) is 0. The molecule has 0 bridgehead atoms. The zero-order chi connectivity index (χ0) is 16.6. The molecular formula is C19H17FN2O. The predicted octanol–water partition coefficient (Wildman–Crippen LogP) is 4.55. The van der Waals surface area contributed by atoms with Crippen molar-refractivity contribution in [3.8, 4) is 0 Å². The maximum Gasteiger partial charge on any atom is 0.256 e. The molecule has 116 valence electrons. The molecule has 1 N–H and O–H groups in total. The van der Waals surface area contributed by atoms with E-state index in [4.69, 9.17) is 0 Å². The average Bonchev–Trinajstić information content (AvgIpc) is 2.51. The van der Waals surface area contributed by atoms with Crippen LogP contribution in [-0.2, 0) is 0 Å². The minimum absolute atomic E-state index is 0.264. The van der Waals surface area contributed by atoms with Crippen molar-refractivity contribution in [1.82, 2.24) is 4.98 Å². The van der Waals surface area contributed by atoms with Gasteiger partial charge in [0, 0.05) is 16.8 Å². The molecule has 3 aromatic rings. The van der Waals surface area contributed by atoms with Gasteiger partial charge in [-0.3, -0.25) is 9.78 Å². The van der Waals surface area contributed by atoms with Crippen LogP contribution in [0.4, 0.5) is 10.1 Å². The summed E-state index contributed by atoms with van der Waals surface area (Å²) >= 11 is 0. The van der Waals surface area contributed by atoms with Gasteiger partial charge in [-0.25, -0.2) is 4.39 Å². The molecule has 0 aliphatic carbocycles. The van der Waals surface area contributed by atoms with Gasteiger partial charge in [-0.1, -0.05) is 12.1 Å². The quantitative estimate of drug-likeness (QED) is 0.754. The number of fused-ring (bicyclic) bond motifs is 1. The highest BCUT2D eigenvalue weighted by Crippen LogP contribution is 2.23. The van der Waals surface area contributed by atoms with Gasteiger partial charge >= 0.3 is 0 Å². The van der Waals surface area contributed by atoms with Gasteiger partial charge in [0.05, 0.1) is 11.1 Å². The first kappa shape index (κ1) is 15.2. The fourth-order valence-corrected chi connectivity index (χ4v) is 2.59. The summed E-state index contributed by atoms with van der Waals surface area (Å²) < 4.78 is 13.6. The van der Waals surface area contributed by atoms with Crippen molar-refractivity contribution in [1.29, 1.82) is 0 Å². The number of carbonyl (C=O) groups is 1. The van der Waals surface area contributed by atoms with E-state index in [1.165, 1.54) is 12.1 Å². The molecular weight excluding hydrogens is 291 g/mol. The van der Waals surface area contributed by atoms with Crippen molar-refractivity contribution in [2.24, 2.45) is 0 Å². The largest absolute Gasteiger partial charge is 0.322 e. The van der Waals surface area contributed by atoms with E-state index in [1.807, 2.05) is 39.0 Å². The molecule has 0 unspecified atom stereocenters. The van der Waals surface area contributed by atoms with E-state index in [0.29, 0.717) is 16.5 Å². The number of anilines is 1. The van der Waals surface area contributed by atoms with Gasteiger partial charge in [-0.15, -0.1) is 0 Å². The van der Waals surface area contributed by atoms with Crippen molar-refractivity contribution in [2.45, 2.75) is 20.8 Å². The van der Waals surface area contributed by atoms with Crippen LogP contribution in [-0.4, -0.2) is 10.9 Å². The fourth-order valence-electron chi connectivity index (χ4n) is 2.59. The van der Waals surface area contributed by atoms with Gasteiger partial charge in [-0.05, 0) is 62.2 Å². The van der Waals surface area contributed by atoms with Crippen molar-refractivity contribution >= 4 is 22.5 Å². The smallest absolute Gasteiger partial charge is 0.256 e. The van der Waals surface area contributed by atoms with E-state index in [9.17, 15) is 9.18 Å². The highest BCUT2D eigenvalue weighted by Gasteiger charge is 2.14. The molecule has 0 saturated carbocycles. The second-order valence-electron chi connectivity index (χ2n) is 5.67. The van der Waals surface area contributed by atoms with Crippen LogP contribution in [0.15, 0.2) is 42.5 Å². The van der Waals surface area contributed by atoms with Gasteiger partial charge in [0.15, 0.2) is 0 Å². The standard InChI is InChI=1S/C19H17FN2O/c1-11-5-4-6-17(13(11)3)22-19(23)16-9-12(2)21-18-8-7-14(20)10-15(16)18/h4-10H,1-3H3,(H,22,23). The predicted molar refractivity (Wildman–Crippen MR) is 90.3 cm³/mol. The van der Waals surface area contributed by atoms with E-state index in [0.717, 1.165) is 22.5 Å². The van der Waals surface area contributed by atoms with Crippen LogP contribution in [0, 0.1) is 26.6 Å². The Morgan fingerprint density at radius 2 is 1.87 bits per heavy atom. The van der Waals surface area contributed by atoms with E-state index in [2.05, 4.69) is 10.3 Å². The van der Waals surface area contributed by atoms with Crippen LogP contribution >= 0.6 is 0 Å². The van der Waals surface area contributed by atoms with Crippen LogP contribution in [0.2, 0.25) is 0 Å². The van der Waals surface area contributed by atoms with E-state index < -0.39 is 0 Å². The third-order valence-corrected chi connectivity index (χ3v) is 4.00. The number of aryl methyl sites for hydroxylation is 2. The Bertz CT molecular complexity index is 919. The molecule has 0 aliphatic heterocycles. The van der Waals surface area contributed by atoms with Gasteiger partial charge in [-0.2, -0.15) is 0 Å². The normalized spacial score (nSPS) is 10.8. The molecule has 0 atom stereocenters. The fraction of sp³-hybridized carbons (Fsp3) is 0.158. The van der Waals surface area contributed by atoms with Crippen LogP contribution in [0.1, 0.15) is 27.2 Å². The molecule has 0 saturated heterocycles. The lowest BCUT2D eigenvalue weighted by Crippen LogP contribution is -2.14. The Hall–Kier alpha value is -2.75. The number of amides is 1. The van der Waals surface area contributed by atoms with Crippen molar-refractivity contribution < 1.29 is 9.18 Å². The maximum atomic E-state index is 13.6. The lowest BCUT2D eigenvalue weighted by Gasteiger charge is -2.12. The lowest BCUT2D eigenvalue weighted by atomic mass is 10.1. The number of rotatable bonds is 2. The molecule has 2 aromatic carbocycles. The zero-order valence-electron chi connectivity index (χ0n) is 13.3. The maximum absolute atomic E-state index is 13.6. The highest BCUT2D eigenvalue weighted by atomic mass is 19.1. The molecule has 0 aliphatic rings. The first-order chi connectivity index (χ1) is 11.0. The molecule has 1 heterocycles. The Morgan fingerprint density at radius 3 is 2.65 bits per heavy atom. The molecule has 23 heavy (non-hydrogen) atoms. The highest BCUT2D eigenvalue weighted by molar-refractivity contribution is 6.12. The first-order valence-electron chi connectivity index (χ1n) is 7.40. The van der Waals surface area contributed by atoms with Gasteiger partial charge < -0.3 is 5.32 Å². The molecule has 3 nitrogen and oxygen atoms in total. The first-order valence-corrected chi connectivity index (χ1v) is 7.40. The van der Waals surface area contributed by atoms with E-state index in [-0.39, 0.29) is 11.7 Å². The third kappa shape index (κ3) is 2.93. The molecule has 1 amide bonds. The molecule has 1 aromatic heterocycles. The SMILES string of the molecule is Cc1cc(C(=O)Nc2cccc(C)c2C)c2cc(F)ccc2n1. The molecule has 3 rings (SSSR count). The van der Waals surface area contributed by atoms with E-state index in [1.54, 1.807) is 12.1 Å². The molecule has 0 spiro atoms. The Labute approximate surface area is 134 Å². The van der Waals surface area contributed by atoms with Gasteiger partial charge in [0.1, 0.15) is 5.82 Å². The third-order valence-electron chi connectivity index (χ3n) is 4.00. The number of halogens is 1. The van der Waals surface area contributed by atoms with Gasteiger partial charge in [0.25, 0.3) is 5.91 Å². The minimum atomic E-state index is -0.385. The Morgan fingerprint density at radius 1 is 1.09 bits per heavy atom. The second kappa shape index (κ2) is 5.80. The number of aromatic nitrogens is 1. The zero-order valence-corrected chi connectivity index (χ0v) is 13.3. The van der Waals surface area contributed by atoms with Gasteiger partial charge in [0.2, 0.25) is 0 Å². The van der Waals surface area contributed by atoms with Crippen molar-refractivity contribution in [2.75, 3.05) is 5.32 Å². The Kier molecular flexibility index (Phi) is 3.82. The van der Waals surface area contributed by atoms with Crippen LogP contribution in [0.5, 0.6) is 0 Å². The number of carbonyl (C=O) groups excluding carboxylic acids is 1. The van der Waals surface area contributed by atoms with Crippen LogP contribution in [0.3, 0.4) is 0 Å². The summed E-state index contributed by atoms with van der Waals surface area (Å²) in [5.41, 5.74) is 4.63. The number of hydrogen-bond donors (Lipinski definition) is 1. The summed E-state index contributed by atoms with van der Waals surface area (Å²) in [6.07, 6.45) is 0. The number of benzene rings is 2. The number of nitrogens with one attached hydrogen (secondary N) is 1. The molecule has 0 radical (unpaired) electrons. The lowest BCUT2D eigenvalue weighted by molar-refractivity contribution is 0.102.